The van der Waals surface area contributed by atoms with E-state index in [9.17, 15) is 9.59 Å². The van der Waals surface area contributed by atoms with Crippen LogP contribution in [0.1, 0.15) is 12.5 Å². The van der Waals surface area contributed by atoms with Crippen LogP contribution < -0.4 is 20.1 Å². The number of para-hydroxylation sites is 1. The van der Waals surface area contributed by atoms with E-state index < -0.39 is 0 Å². The molecule has 2 aromatic rings. The molecule has 0 aromatic heterocycles. The number of fused-ring (bicyclic) bond motifs is 1. The Morgan fingerprint density at radius 1 is 0.964 bits per heavy atom. The zero-order chi connectivity index (χ0) is 19.9. The van der Waals surface area contributed by atoms with Crippen LogP contribution in [0.4, 0.5) is 11.4 Å². The van der Waals surface area contributed by atoms with Crippen LogP contribution in [0.3, 0.4) is 0 Å². The van der Waals surface area contributed by atoms with Crippen molar-refractivity contribution in [2.24, 2.45) is 0 Å². The molecule has 1 aliphatic heterocycles. The molecule has 0 radical (unpaired) electrons. The molecule has 0 saturated heterocycles. The number of nitrogens with one attached hydrogen (secondary N) is 2. The summed E-state index contributed by atoms with van der Waals surface area (Å²) >= 11 is 0. The van der Waals surface area contributed by atoms with Crippen molar-refractivity contribution < 1.29 is 19.1 Å². The number of rotatable bonds is 7. The quantitative estimate of drug-likeness (QED) is 0.768. The third-order valence-electron chi connectivity index (χ3n) is 4.43. The van der Waals surface area contributed by atoms with Crippen molar-refractivity contribution in [1.82, 2.24) is 4.90 Å². The number of carbonyl (C=O) groups excluding carboxylic acids is 2. The van der Waals surface area contributed by atoms with Crippen LogP contribution in [0.5, 0.6) is 11.5 Å². The molecule has 0 aliphatic carbocycles. The maximum Gasteiger partial charge on any atom is 0.238 e. The molecule has 0 unspecified atom stereocenters. The Balaban J connectivity index is 1.53. The summed E-state index contributed by atoms with van der Waals surface area (Å²) in [6.07, 6.45) is 0. The van der Waals surface area contributed by atoms with Crippen molar-refractivity contribution in [2.45, 2.75) is 13.8 Å². The van der Waals surface area contributed by atoms with E-state index in [0.29, 0.717) is 36.9 Å². The molecule has 2 aromatic carbocycles. The minimum atomic E-state index is -0.192. The molecule has 0 spiro atoms. The van der Waals surface area contributed by atoms with Gasteiger partial charge in [-0.3, -0.25) is 14.5 Å². The summed E-state index contributed by atoms with van der Waals surface area (Å²) < 4.78 is 11.0. The first-order valence-electron chi connectivity index (χ1n) is 9.32. The van der Waals surface area contributed by atoms with Crippen LogP contribution in [0, 0.1) is 6.92 Å². The van der Waals surface area contributed by atoms with Crippen molar-refractivity contribution in [2.75, 3.05) is 43.5 Å². The highest BCUT2D eigenvalue weighted by molar-refractivity contribution is 5.95. The van der Waals surface area contributed by atoms with Gasteiger partial charge in [0.05, 0.1) is 13.1 Å². The SMILES string of the molecule is CCN(CC(=O)Nc1ccc2c(c1)OCCO2)CC(=O)Nc1ccccc1C. The number of benzene rings is 2. The number of carbonyl (C=O) groups is 2. The minimum Gasteiger partial charge on any atom is -0.486 e. The second-order valence-corrected chi connectivity index (χ2v) is 6.57. The molecule has 0 atom stereocenters. The lowest BCUT2D eigenvalue weighted by molar-refractivity contribution is -0.119. The van der Waals surface area contributed by atoms with Gasteiger partial charge in [0, 0.05) is 17.4 Å². The fourth-order valence-electron chi connectivity index (χ4n) is 2.91. The highest BCUT2D eigenvalue weighted by atomic mass is 16.6. The number of anilines is 2. The molecule has 1 aliphatic rings. The van der Waals surface area contributed by atoms with E-state index in [1.165, 1.54) is 0 Å². The van der Waals surface area contributed by atoms with Crippen LogP contribution in [0.15, 0.2) is 42.5 Å². The molecule has 2 N–H and O–H groups in total. The van der Waals surface area contributed by atoms with Gasteiger partial charge in [0.1, 0.15) is 13.2 Å². The molecule has 28 heavy (non-hydrogen) atoms. The van der Waals surface area contributed by atoms with Crippen molar-refractivity contribution >= 4 is 23.2 Å². The molecule has 7 heteroatoms. The molecular formula is C21H25N3O4. The summed E-state index contributed by atoms with van der Waals surface area (Å²) in [6, 6.07) is 12.9. The summed E-state index contributed by atoms with van der Waals surface area (Å²) in [5.41, 5.74) is 2.41. The molecule has 148 valence electrons. The Morgan fingerprint density at radius 2 is 1.64 bits per heavy atom. The molecule has 1 heterocycles. The van der Waals surface area contributed by atoms with E-state index in [2.05, 4.69) is 10.6 Å². The van der Waals surface area contributed by atoms with Crippen molar-refractivity contribution in [1.29, 1.82) is 0 Å². The molecular weight excluding hydrogens is 358 g/mol. The maximum absolute atomic E-state index is 12.4. The van der Waals surface area contributed by atoms with Gasteiger partial charge in [0.25, 0.3) is 0 Å². The number of nitrogens with zero attached hydrogens (tertiary/aromatic N) is 1. The molecule has 2 amide bonds. The first-order valence-corrected chi connectivity index (χ1v) is 9.32. The molecule has 3 rings (SSSR count). The summed E-state index contributed by atoms with van der Waals surface area (Å²) in [5, 5.41) is 5.73. The summed E-state index contributed by atoms with van der Waals surface area (Å²) in [7, 11) is 0. The number of amides is 2. The number of likely N-dealkylation sites (N-methyl/N-ethyl adjacent to an activating group) is 1. The lowest BCUT2D eigenvalue weighted by Crippen LogP contribution is -2.38. The zero-order valence-corrected chi connectivity index (χ0v) is 16.2. The average molecular weight is 383 g/mol. The minimum absolute atomic E-state index is 0.117. The Morgan fingerprint density at radius 3 is 2.36 bits per heavy atom. The van der Waals surface area contributed by atoms with Crippen LogP contribution >= 0.6 is 0 Å². The zero-order valence-electron chi connectivity index (χ0n) is 16.2. The van der Waals surface area contributed by atoms with Gasteiger partial charge in [-0.25, -0.2) is 0 Å². The number of aryl methyl sites for hydroxylation is 1. The van der Waals surface area contributed by atoms with Crippen molar-refractivity contribution in [3.05, 3.63) is 48.0 Å². The van der Waals surface area contributed by atoms with Gasteiger partial charge in [0.15, 0.2) is 11.5 Å². The smallest absolute Gasteiger partial charge is 0.238 e. The highest BCUT2D eigenvalue weighted by Gasteiger charge is 2.16. The van der Waals surface area contributed by atoms with Gasteiger partial charge in [0.2, 0.25) is 11.8 Å². The van der Waals surface area contributed by atoms with Gasteiger partial charge >= 0.3 is 0 Å². The van der Waals surface area contributed by atoms with E-state index in [-0.39, 0.29) is 24.9 Å². The van der Waals surface area contributed by atoms with E-state index in [1.807, 2.05) is 38.1 Å². The molecule has 0 bridgehead atoms. The summed E-state index contributed by atoms with van der Waals surface area (Å²) in [5.74, 6) is 0.951. The van der Waals surface area contributed by atoms with E-state index >= 15 is 0 Å². The van der Waals surface area contributed by atoms with Gasteiger partial charge < -0.3 is 20.1 Å². The topological polar surface area (TPSA) is 79.9 Å². The molecule has 0 fully saturated rings. The third kappa shape index (κ3) is 5.23. The van der Waals surface area contributed by atoms with Gasteiger partial charge in [-0.2, -0.15) is 0 Å². The largest absolute Gasteiger partial charge is 0.486 e. The fourth-order valence-corrected chi connectivity index (χ4v) is 2.91. The first kappa shape index (κ1) is 19.7. The average Bonchev–Trinajstić information content (AvgIpc) is 2.69. The number of ether oxygens (including phenoxy) is 2. The lowest BCUT2D eigenvalue weighted by atomic mass is 10.2. The lowest BCUT2D eigenvalue weighted by Gasteiger charge is -2.21. The Bertz CT molecular complexity index is 853. The monoisotopic (exact) mass is 383 g/mol. The maximum atomic E-state index is 12.4. The second kappa shape index (κ2) is 9.23. The second-order valence-electron chi connectivity index (χ2n) is 6.57. The molecule has 0 saturated carbocycles. The van der Waals surface area contributed by atoms with Gasteiger partial charge in [-0.1, -0.05) is 25.1 Å². The van der Waals surface area contributed by atoms with Gasteiger partial charge in [-0.05, 0) is 37.2 Å². The molecule has 7 nitrogen and oxygen atoms in total. The number of hydrogen-bond acceptors (Lipinski definition) is 5. The van der Waals surface area contributed by atoms with Crippen LogP contribution in [0.2, 0.25) is 0 Å². The third-order valence-corrected chi connectivity index (χ3v) is 4.43. The summed E-state index contributed by atoms with van der Waals surface area (Å²) in [6.45, 7) is 5.70. The fraction of sp³-hybridized carbons (Fsp3) is 0.333. The Hall–Kier alpha value is -3.06. The van der Waals surface area contributed by atoms with E-state index in [0.717, 1.165) is 11.3 Å². The normalized spacial score (nSPS) is 12.5. The van der Waals surface area contributed by atoms with Crippen molar-refractivity contribution in [3.63, 3.8) is 0 Å². The van der Waals surface area contributed by atoms with Crippen LogP contribution in [-0.2, 0) is 9.59 Å². The predicted molar refractivity (Wildman–Crippen MR) is 108 cm³/mol. The standard InChI is InChI=1S/C21H25N3O4/c1-3-24(14-21(26)23-17-7-5-4-6-15(17)2)13-20(25)22-16-8-9-18-19(12-16)28-11-10-27-18/h4-9,12H,3,10-11,13-14H2,1-2H3,(H,22,25)(H,23,26). The summed E-state index contributed by atoms with van der Waals surface area (Å²) in [4.78, 5) is 26.5. The first-order chi connectivity index (χ1) is 13.5. The predicted octanol–water partition coefficient (Wildman–Crippen LogP) is 2.67. The number of hydrogen-bond donors (Lipinski definition) is 2. The van der Waals surface area contributed by atoms with E-state index in [1.54, 1.807) is 23.1 Å². The van der Waals surface area contributed by atoms with Crippen LogP contribution in [0.25, 0.3) is 0 Å². The Labute approximate surface area is 164 Å². The van der Waals surface area contributed by atoms with Gasteiger partial charge in [-0.15, -0.1) is 0 Å². The van der Waals surface area contributed by atoms with E-state index in [4.69, 9.17) is 9.47 Å². The van der Waals surface area contributed by atoms with Crippen LogP contribution in [-0.4, -0.2) is 49.6 Å². The Kier molecular flexibility index (Phi) is 6.49. The van der Waals surface area contributed by atoms with Crippen molar-refractivity contribution in [3.8, 4) is 11.5 Å². The highest BCUT2D eigenvalue weighted by Crippen LogP contribution is 2.32.